The van der Waals surface area contributed by atoms with E-state index in [4.69, 9.17) is 4.42 Å². The van der Waals surface area contributed by atoms with E-state index in [0.29, 0.717) is 12.1 Å². The molecule has 0 saturated carbocycles. The van der Waals surface area contributed by atoms with Gasteiger partial charge in [0.25, 0.3) is 0 Å². The van der Waals surface area contributed by atoms with Crippen molar-refractivity contribution in [2.24, 2.45) is 0 Å². The largest absolute Gasteiger partial charge is 0.465 e. The van der Waals surface area contributed by atoms with Crippen LogP contribution in [0.2, 0.25) is 0 Å². The summed E-state index contributed by atoms with van der Waals surface area (Å²) in [5.41, 5.74) is 1.33. The molecular formula is C15H27N3O. The zero-order valence-electron chi connectivity index (χ0n) is 12.9. The molecule has 1 aromatic heterocycles. The molecule has 1 fully saturated rings. The lowest BCUT2D eigenvalue weighted by Crippen LogP contribution is -2.54. The third kappa shape index (κ3) is 3.38. The van der Waals surface area contributed by atoms with Gasteiger partial charge in [-0.05, 0) is 40.9 Å². The smallest absolute Gasteiger partial charge is 0.118 e. The van der Waals surface area contributed by atoms with Crippen molar-refractivity contribution in [3.05, 3.63) is 23.2 Å². The number of piperazine rings is 1. The first-order valence-electron chi connectivity index (χ1n) is 7.18. The van der Waals surface area contributed by atoms with Gasteiger partial charge in [0.05, 0.1) is 6.54 Å². The lowest BCUT2D eigenvalue weighted by molar-refractivity contribution is 0.0554. The van der Waals surface area contributed by atoms with Crippen molar-refractivity contribution in [3.8, 4) is 0 Å². The number of hydrogen-bond donors (Lipinski definition) is 1. The van der Waals surface area contributed by atoms with Gasteiger partial charge in [-0.15, -0.1) is 0 Å². The molecule has 0 radical (unpaired) electrons. The maximum absolute atomic E-state index is 5.77. The number of nitrogens with zero attached hydrogens (tertiary/aromatic N) is 2. The minimum absolute atomic E-state index is 0.618. The van der Waals surface area contributed by atoms with Gasteiger partial charge in [0.1, 0.15) is 11.5 Å². The highest BCUT2D eigenvalue weighted by atomic mass is 16.3. The molecule has 1 aliphatic heterocycles. The maximum atomic E-state index is 5.77. The van der Waals surface area contributed by atoms with Crippen LogP contribution in [-0.4, -0.2) is 49.1 Å². The Morgan fingerprint density at radius 3 is 2.53 bits per heavy atom. The number of aryl methyl sites for hydroxylation is 1. The normalized spacial score (nSPS) is 25.9. The van der Waals surface area contributed by atoms with E-state index >= 15 is 0 Å². The SMILES string of the molecule is CNCc1cc(CN2CC(C)N(C)C(C)C2)c(C)o1. The molecule has 2 atom stereocenters. The number of likely N-dealkylation sites (N-methyl/N-ethyl adjacent to an activating group) is 1. The Hall–Kier alpha value is -0.840. The van der Waals surface area contributed by atoms with Crippen molar-refractivity contribution < 1.29 is 4.42 Å². The predicted molar refractivity (Wildman–Crippen MR) is 78.2 cm³/mol. The molecule has 2 heterocycles. The Balaban J connectivity index is 2.01. The Morgan fingerprint density at radius 2 is 1.95 bits per heavy atom. The summed E-state index contributed by atoms with van der Waals surface area (Å²) in [6.45, 7) is 10.7. The van der Waals surface area contributed by atoms with Gasteiger partial charge in [-0.1, -0.05) is 0 Å². The molecule has 1 N–H and O–H groups in total. The summed E-state index contributed by atoms with van der Waals surface area (Å²) in [5, 5.41) is 3.13. The van der Waals surface area contributed by atoms with Crippen molar-refractivity contribution in [3.63, 3.8) is 0 Å². The zero-order valence-corrected chi connectivity index (χ0v) is 12.9. The topological polar surface area (TPSA) is 31.6 Å². The molecule has 0 amide bonds. The minimum atomic E-state index is 0.618. The predicted octanol–water partition coefficient (Wildman–Crippen LogP) is 1.83. The Labute approximate surface area is 116 Å². The van der Waals surface area contributed by atoms with Crippen LogP contribution in [0.15, 0.2) is 10.5 Å². The van der Waals surface area contributed by atoms with E-state index in [2.05, 4.69) is 49.0 Å². The average molecular weight is 265 g/mol. The van der Waals surface area contributed by atoms with Gasteiger partial charge >= 0.3 is 0 Å². The zero-order chi connectivity index (χ0) is 14.0. The van der Waals surface area contributed by atoms with Gasteiger partial charge in [-0.2, -0.15) is 0 Å². The van der Waals surface area contributed by atoms with Gasteiger partial charge in [0.2, 0.25) is 0 Å². The van der Waals surface area contributed by atoms with E-state index in [1.807, 2.05) is 7.05 Å². The second-order valence-corrected chi connectivity index (χ2v) is 5.88. The van der Waals surface area contributed by atoms with Crippen LogP contribution in [0.25, 0.3) is 0 Å². The van der Waals surface area contributed by atoms with E-state index in [1.165, 1.54) is 5.56 Å². The van der Waals surface area contributed by atoms with Crippen molar-refractivity contribution in [1.82, 2.24) is 15.1 Å². The van der Waals surface area contributed by atoms with E-state index < -0.39 is 0 Å². The van der Waals surface area contributed by atoms with Crippen LogP contribution in [0.4, 0.5) is 0 Å². The second kappa shape index (κ2) is 6.07. The molecule has 4 heteroatoms. The molecule has 2 rings (SSSR count). The quantitative estimate of drug-likeness (QED) is 0.900. The van der Waals surface area contributed by atoms with Crippen LogP contribution >= 0.6 is 0 Å². The number of rotatable bonds is 4. The fraction of sp³-hybridized carbons (Fsp3) is 0.733. The van der Waals surface area contributed by atoms with Gasteiger partial charge in [0, 0.05) is 37.3 Å². The summed E-state index contributed by atoms with van der Waals surface area (Å²) < 4.78 is 5.77. The van der Waals surface area contributed by atoms with Crippen molar-refractivity contribution in [2.45, 2.75) is 45.9 Å². The molecule has 1 aromatic rings. The number of hydrogen-bond acceptors (Lipinski definition) is 4. The minimum Gasteiger partial charge on any atom is -0.465 e. The summed E-state index contributed by atoms with van der Waals surface area (Å²) in [5.74, 6) is 2.09. The van der Waals surface area contributed by atoms with Crippen molar-refractivity contribution in [1.29, 1.82) is 0 Å². The lowest BCUT2D eigenvalue weighted by Gasteiger charge is -2.42. The molecule has 0 aromatic carbocycles. The monoisotopic (exact) mass is 265 g/mol. The molecule has 1 aliphatic rings. The third-order valence-corrected chi connectivity index (χ3v) is 4.25. The standard InChI is InChI=1S/C15H27N3O/c1-11-8-18(9-12(2)17(11)5)10-14-6-15(7-16-4)19-13(14)3/h6,11-12,16H,7-10H2,1-5H3. The number of furan rings is 1. The Bertz CT molecular complexity index is 404. The summed E-state index contributed by atoms with van der Waals surface area (Å²) in [6.07, 6.45) is 0. The van der Waals surface area contributed by atoms with Gasteiger partial charge in [-0.3, -0.25) is 9.80 Å². The second-order valence-electron chi connectivity index (χ2n) is 5.88. The molecule has 4 nitrogen and oxygen atoms in total. The van der Waals surface area contributed by atoms with Crippen LogP contribution in [0.3, 0.4) is 0 Å². The van der Waals surface area contributed by atoms with E-state index in [0.717, 1.165) is 37.7 Å². The first-order chi connectivity index (χ1) is 9.01. The molecular weight excluding hydrogens is 238 g/mol. The Kier molecular flexibility index (Phi) is 4.66. The molecule has 1 saturated heterocycles. The summed E-state index contributed by atoms with van der Waals surface area (Å²) in [4.78, 5) is 5.00. The van der Waals surface area contributed by atoms with E-state index in [9.17, 15) is 0 Å². The molecule has 108 valence electrons. The van der Waals surface area contributed by atoms with Crippen LogP contribution in [0.1, 0.15) is 30.9 Å². The maximum Gasteiger partial charge on any atom is 0.118 e. The van der Waals surface area contributed by atoms with E-state index in [-0.39, 0.29) is 0 Å². The van der Waals surface area contributed by atoms with Crippen molar-refractivity contribution in [2.75, 3.05) is 27.2 Å². The van der Waals surface area contributed by atoms with Crippen LogP contribution in [0.5, 0.6) is 0 Å². The van der Waals surface area contributed by atoms with Gasteiger partial charge in [-0.25, -0.2) is 0 Å². The summed E-state index contributed by atoms with van der Waals surface area (Å²) in [6, 6.07) is 3.43. The molecule has 19 heavy (non-hydrogen) atoms. The Morgan fingerprint density at radius 1 is 1.32 bits per heavy atom. The highest BCUT2D eigenvalue weighted by Crippen LogP contribution is 2.20. The first kappa shape index (κ1) is 14.6. The number of nitrogens with one attached hydrogen (secondary N) is 1. The van der Waals surface area contributed by atoms with Gasteiger partial charge < -0.3 is 9.73 Å². The summed E-state index contributed by atoms with van der Waals surface area (Å²) >= 11 is 0. The van der Waals surface area contributed by atoms with Crippen molar-refractivity contribution >= 4 is 0 Å². The molecule has 0 aliphatic carbocycles. The molecule has 0 spiro atoms. The summed E-state index contributed by atoms with van der Waals surface area (Å²) in [7, 11) is 4.17. The van der Waals surface area contributed by atoms with Crippen LogP contribution < -0.4 is 5.32 Å². The van der Waals surface area contributed by atoms with Crippen LogP contribution in [0, 0.1) is 6.92 Å². The molecule has 0 bridgehead atoms. The lowest BCUT2D eigenvalue weighted by atomic mass is 10.1. The van der Waals surface area contributed by atoms with E-state index in [1.54, 1.807) is 0 Å². The first-order valence-corrected chi connectivity index (χ1v) is 7.18. The molecule has 2 unspecified atom stereocenters. The third-order valence-electron chi connectivity index (χ3n) is 4.25. The average Bonchev–Trinajstić information content (AvgIpc) is 2.67. The highest BCUT2D eigenvalue weighted by Gasteiger charge is 2.26. The fourth-order valence-corrected chi connectivity index (χ4v) is 2.89. The van der Waals surface area contributed by atoms with Crippen LogP contribution in [-0.2, 0) is 13.1 Å². The fourth-order valence-electron chi connectivity index (χ4n) is 2.89. The van der Waals surface area contributed by atoms with Gasteiger partial charge in [0.15, 0.2) is 0 Å². The highest BCUT2D eigenvalue weighted by molar-refractivity contribution is 5.21.